The van der Waals surface area contributed by atoms with Crippen molar-refractivity contribution in [2.45, 2.75) is 49.3 Å². The molecular weight excluding hydrogens is 424 g/mol. The van der Waals surface area contributed by atoms with Crippen LogP contribution in [-0.2, 0) is 14.3 Å². The number of carbonyl (C=O) groups excluding carboxylic acids is 1. The zero-order chi connectivity index (χ0) is 23.5. The predicted molar refractivity (Wildman–Crippen MR) is 97.7 cm³/mol. The van der Waals surface area contributed by atoms with Gasteiger partial charge in [-0.1, -0.05) is 0 Å². The van der Waals surface area contributed by atoms with Crippen LogP contribution in [0.1, 0.15) is 6.92 Å². The molecular formula is C17H22N2O12. The minimum atomic E-state index is -3.05. The molecule has 0 aliphatic carbocycles. The van der Waals surface area contributed by atoms with Crippen LogP contribution in [0.4, 0.5) is 5.69 Å². The number of aliphatic hydroxyl groups is 5. The molecule has 0 aromatic heterocycles. The molecule has 0 saturated carbocycles. The monoisotopic (exact) mass is 446 g/mol. The number of non-ortho nitro benzene ring substituents is 1. The van der Waals surface area contributed by atoms with E-state index in [1.54, 1.807) is 0 Å². The Balaban J connectivity index is 2.48. The highest BCUT2D eigenvalue weighted by Crippen LogP contribution is 2.35. The summed E-state index contributed by atoms with van der Waals surface area (Å²) in [6, 6.07) is 2.40. The van der Waals surface area contributed by atoms with Gasteiger partial charge in [0.05, 0.1) is 17.6 Å². The number of aliphatic carboxylic acids is 1. The van der Waals surface area contributed by atoms with Crippen molar-refractivity contribution < 1.29 is 54.6 Å². The van der Waals surface area contributed by atoms with E-state index in [2.05, 4.69) is 5.32 Å². The van der Waals surface area contributed by atoms with Crippen LogP contribution in [0.25, 0.3) is 0 Å². The summed E-state index contributed by atoms with van der Waals surface area (Å²) in [5.41, 5.74) is -0.341. The molecule has 1 aromatic rings. The lowest BCUT2D eigenvalue weighted by atomic mass is 9.86. The Morgan fingerprint density at radius 3 is 2.32 bits per heavy atom. The first-order valence-electron chi connectivity index (χ1n) is 8.89. The fraction of sp³-hybridized carbons (Fsp3) is 0.529. The first kappa shape index (κ1) is 24.4. The van der Waals surface area contributed by atoms with Crippen molar-refractivity contribution in [2.75, 3.05) is 6.61 Å². The maximum absolute atomic E-state index is 12.0. The van der Waals surface area contributed by atoms with Gasteiger partial charge >= 0.3 is 11.8 Å². The molecule has 1 heterocycles. The van der Waals surface area contributed by atoms with Crippen LogP contribution in [0.5, 0.6) is 5.75 Å². The summed E-state index contributed by atoms with van der Waals surface area (Å²) in [5, 5.41) is 72.9. The smallest absolute Gasteiger partial charge is 0.380 e. The van der Waals surface area contributed by atoms with Crippen molar-refractivity contribution in [1.29, 1.82) is 0 Å². The number of ether oxygens (including phenoxy) is 2. The zero-order valence-corrected chi connectivity index (χ0v) is 16.1. The highest BCUT2D eigenvalue weighted by Gasteiger charge is 2.63. The molecule has 14 nitrogen and oxygen atoms in total. The summed E-state index contributed by atoms with van der Waals surface area (Å²) in [6.07, 6.45) is -10.2. The highest BCUT2D eigenvalue weighted by molar-refractivity contribution is 5.78. The molecule has 1 amide bonds. The van der Waals surface area contributed by atoms with Crippen LogP contribution in [0.2, 0.25) is 0 Å². The molecule has 172 valence electrons. The van der Waals surface area contributed by atoms with Crippen molar-refractivity contribution in [2.24, 2.45) is 0 Å². The number of benzene rings is 1. The zero-order valence-electron chi connectivity index (χ0n) is 16.1. The van der Waals surface area contributed by atoms with Gasteiger partial charge in [-0.3, -0.25) is 14.9 Å². The third-order valence-electron chi connectivity index (χ3n) is 4.65. The molecule has 1 fully saturated rings. The summed E-state index contributed by atoms with van der Waals surface area (Å²) < 4.78 is 10.5. The van der Waals surface area contributed by atoms with Crippen molar-refractivity contribution in [3.05, 3.63) is 34.4 Å². The second-order valence-corrected chi connectivity index (χ2v) is 6.81. The molecule has 31 heavy (non-hydrogen) atoms. The fourth-order valence-electron chi connectivity index (χ4n) is 3.09. The molecule has 7 N–H and O–H groups in total. The maximum atomic E-state index is 12.0. The molecule has 7 atom stereocenters. The van der Waals surface area contributed by atoms with Gasteiger partial charge in [0, 0.05) is 19.1 Å². The van der Waals surface area contributed by atoms with Crippen molar-refractivity contribution >= 4 is 17.6 Å². The fourth-order valence-corrected chi connectivity index (χ4v) is 3.09. The molecule has 0 bridgehead atoms. The van der Waals surface area contributed by atoms with Crippen LogP contribution >= 0.6 is 0 Å². The number of carbonyl (C=O) groups is 2. The van der Waals surface area contributed by atoms with Crippen LogP contribution < -0.4 is 10.1 Å². The maximum Gasteiger partial charge on any atom is 0.380 e. The average Bonchev–Trinajstić information content (AvgIpc) is 2.72. The molecule has 2 rings (SSSR count). The summed E-state index contributed by atoms with van der Waals surface area (Å²) in [6.45, 7) is 0.0627. The van der Waals surface area contributed by atoms with E-state index in [-0.39, 0.29) is 11.4 Å². The van der Waals surface area contributed by atoms with E-state index in [1.807, 2.05) is 0 Å². The Morgan fingerprint density at radius 1 is 1.29 bits per heavy atom. The largest absolute Gasteiger partial charge is 0.476 e. The molecule has 1 aromatic carbocycles. The van der Waals surface area contributed by atoms with Gasteiger partial charge in [-0.05, 0) is 12.1 Å². The number of carboxylic acids is 1. The molecule has 1 aliphatic heterocycles. The number of carboxylic acid groups (broad SMARTS) is 1. The molecule has 1 aliphatic rings. The number of aliphatic hydroxyl groups excluding tert-OH is 5. The van der Waals surface area contributed by atoms with Gasteiger partial charge in [-0.2, -0.15) is 0 Å². The Hall–Kier alpha value is -2.88. The number of nitro groups is 1. The third-order valence-corrected chi connectivity index (χ3v) is 4.65. The quantitative estimate of drug-likeness (QED) is 0.157. The van der Waals surface area contributed by atoms with Crippen LogP contribution in [0.15, 0.2) is 24.3 Å². The Labute approximate surface area is 174 Å². The second kappa shape index (κ2) is 9.51. The van der Waals surface area contributed by atoms with E-state index < -0.39 is 65.8 Å². The highest BCUT2D eigenvalue weighted by atomic mass is 16.7. The van der Waals surface area contributed by atoms with Gasteiger partial charge < -0.3 is 45.4 Å². The molecule has 0 unspecified atom stereocenters. The van der Waals surface area contributed by atoms with E-state index in [9.17, 15) is 45.2 Å². The number of amides is 1. The Morgan fingerprint density at radius 2 is 1.87 bits per heavy atom. The van der Waals surface area contributed by atoms with Crippen molar-refractivity contribution in [3.8, 4) is 5.75 Å². The second-order valence-electron chi connectivity index (χ2n) is 6.81. The van der Waals surface area contributed by atoms with Gasteiger partial charge in [0.1, 0.15) is 30.2 Å². The first-order chi connectivity index (χ1) is 14.4. The number of nitro benzene ring substituents is 1. The van der Waals surface area contributed by atoms with Gasteiger partial charge in [-0.25, -0.2) is 4.79 Å². The van der Waals surface area contributed by atoms with Crippen LogP contribution in [0, 0.1) is 10.1 Å². The lowest BCUT2D eigenvalue weighted by Gasteiger charge is -2.48. The molecule has 14 heteroatoms. The molecule has 1 saturated heterocycles. The lowest BCUT2D eigenvalue weighted by Crippen LogP contribution is -2.75. The van der Waals surface area contributed by atoms with E-state index in [0.717, 1.165) is 31.2 Å². The first-order valence-corrected chi connectivity index (χ1v) is 8.89. The number of nitrogens with zero attached hydrogens (tertiary/aromatic N) is 1. The minimum absolute atomic E-state index is 0.312. The summed E-state index contributed by atoms with van der Waals surface area (Å²) in [5.74, 6) is -6.05. The normalized spacial score (nSPS) is 30.1. The van der Waals surface area contributed by atoms with Crippen molar-refractivity contribution in [3.63, 3.8) is 0 Å². The number of hydrogen-bond acceptors (Lipinski definition) is 11. The SMILES string of the molecule is CC(=O)N[C@@H]1[C@H](O)[C@@H](O)[C@](Oc2ccc([N+](=O)[O-])cc2)(C(=O)O)O[C@H]1[C@H](O)[C@H](O)CO. The lowest BCUT2D eigenvalue weighted by molar-refractivity contribution is -0.384. The van der Waals surface area contributed by atoms with Crippen molar-refractivity contribution in [1.82, 2.24) is 5.32 Å². The summed E-state index contributed by atoms with van der Waals surface area (Å²) >= 11 is 0. The third kappa shape index (κ3) is 4.90. The standard InChI is InChI=1S/C17H22N2O12/c1-7(21)18-11-13(24)15(25)17(16(26)27,31-14(11)12(23)10(22)6-20)30-9-4-2-8(3-5-9)19(28)29/h2-5,10-15,20,22-25H,6H2,1H3,(H,18,21)(H,26,27)/t10-,11-,12-,13+,14-,15-,17-/m1/s1. The van der Waals surface area contributed by atoms with E-state index >= 15 is 0 Å². The van der Waals surface area contributed by atoms with Gasteiger partial charge in [0.25, 0.3) is 5.69 Å². The number of hydrogen-bond donors (Lipinski definition) is 7. The number of nitrogens with one attached hydrogen (secondary N) is 1. The average molecular weight is 446 g/mol. The summed E-state index contributed by atoms with van der Waals surface area (Å²) in [7, 11) is 0. The van der Waals surface area contributed by atoms with Gasteiger partial charge in [-0.15, -0.1) is 0 Å². The van der Waals surface area contributed by atoms with Gasteiger partial charge in [0.15, 0.2) is 6.10 Å². The Kier molecular flexibility index (Phi) is 7.48. The topological polar surface area (TPSA) is 229 Å². The van der Waals surface area contributed by atoms with Crippen LogP contribution in [0.3, 0.4) is 0 Å². The van der Waals surface area contributed by atoms with E-state index in [1.165, 1.54) is 0 Å². The predicted octanol–water partition coefficient (Wildman–Crippen LogP) is -2.91. The summed E-state index contributed by atoms with van der Waals surface area (Å²) in [4.78, 5) is 33.6. The van der Waals surface area contributed by atoms with Crippen LogP contribution in [-0.4, -0.2) is 96.4 Å². The number of rotatable bonds is 8. The Bertz CT molecular complexity index is 818. The minimum Gasteiger partial charge on any atom is -0.476 e. The van der Waals surface area contributed by atoms with E-state index in [0.29, 0.717) is 0 Å². The van der Waals surface area contributed by atoms with E-state index in [4.69, 9.17) is 14.6 Å². The molecule has 0 spiro atoms. The van der Waals surface area contributed by atoms with Gasteiger partial charge in [0.2, 0.25) is 5.91 Å². The molecule has 0 radical (unpaired) electrons.